The minimum atomic E-state index is 0.847. The number of nitrogens with zero attached hydrogens (tertiary/aromatic N) is 3. The van der Waals surface area contributed by atoms with Gasteiger partial charge in [-0.15, -0.1) is 0 Å². The Morgan fingerprint density at radius 1 is 0.964 bits per heavy atom. The van der Waals surface area contributed by atoms with Crippen molar-refractivity contribution in [1.82, 2.24) is 15.4 Å². The van der Waals surface area contributed by atoms with Crippen LogP contribution in [-0.4, -0.2) is 21.9 Å². The third-order valence-corrected chi connectivity index (χ3v) is 5.15. The van der Waals surface area contributed by atoms with Crippen LogP contribution in [0.4, 0.5) is 11.4 Å². The topological polar surface area (TPSA) is 58.0 Å². The number of aromatic amines is 1. The van der Waals surface area contributed by atoms with Crippen molar-refractivity contribution in [2.75, 3.05) is 11.4 Å². The number of anilines is 2. The van der Waals surface area contributed by atoms with Crippen LogP contribution in [0.1, 0.15) is 23.9 Å². The molecule has 0 unspecified atom stereocenters. The summed E-state index contributed by atoms with van der Waals surface area (Å²) in [6.45, 7) is 9.14. The molecule has 0 amide bonds. The van der Waals surface area contributed by atoms with Crippen molar-refractivity contribution in [1.29, 1.82) is 0 Å². The molecule has 2 heterocycles. The molecular weight excluding hydrogens is 348 g/mol. The molecule has 5 heteroatoms. The van der Waals surface area contributed by atoms with Gasteiger partial charge in [0.2, 0.25) is 0 Å². The van der Waals surface area contributed by atoms with E-state index >= 15 is 0 Å². The standard InChI is InChI=1S/C23H24N4O/c1-5-27(21-10-8-18(9-11-21)20-13-24-25-14-20)22-12-19(7-6-15(22)2)23-16(3)26-28-17(23)4/h6-14H,5H2,1-4H3,(H,24,25). The van der Waals surface area contributed by atoms with Gasteiger partial charge in [-0.25, -0.2) is 0 Å². The van der Waals surface area contributed by atoms with Crippen LogP contribution in [0.3, 0.4) is 0 Å². The van der Waals surface area contributed by atoms with Gasteiger partial charge in [-0.3, -0.25) is 5.10 Å². The molecule has 28 heavy (non-hydrogen) atoms. The first kappa shape index (κ1) is 18.0. The lowest BCUT2D eigenvalue weighted by Gasteiger charge is -2.26. The van der Waals surface area contributed by atoms with Crippen molar-refractivity contribution in [3.05, 3.63) is 71.9 Å². The molecule has 0 aliphatic heterocycles. The van der Waals surface area contributed by atoms with E-state index in [0.29, 0.717) is 0 Å². The van der Waals surface area contributed by atoms with E-state index < -0.39 is 0 Å². The average Bonchev–Trinajstić information content (AvgIpc) is 3.35. The lowest BCUT2D eigenvalue weighted by atomic mass is 10.0. The monoisotopic (exact) mass is 372 g/mol. The molecule has 0 fully saturated rings. The zero-order valence-corrected chi connectivity index (χ0v) is 16.7. The number of H-pyrrole nitrogens is 1. The summed E-state index contributed by atoms with van der Waals surface area (Å²) < 4.78 is 5.37. The van der Waals surface area contributed by atoms with Gasteiger partial charge in [-0.1, -0.05) is 29.4 Å². The molecule has 2 aromatic carbocycles. The molecule has 0 spiro atoms. The maximum Gasteiger partial charge on any atom is 0.141 e. The van der Waals surface area contributed by atoms with Crippen LogP contribution < -0.4 is 4.90 Å². The summed E-state index contributed by atoms with van der Waals surface area (Å²) in [6.07, 6.45) is 3.74. The second kappa shape index (κ2) is 7.35. The SMILES string of the molecule is CCN(c1ccc(-c2cn[nH]c2)cc1)c1cc(-c2c(C)noc2C)ccc1C. The van der Waals surface area contributed by atoms with Gasteiger partial charge in [-0.05, 0) is 62.6 Å². The third kappa shape index (κ3) is 3.20. The van der Waals surface area contributed by atoms with Crippen molar-refractivity contribution >= 4 is 11.4 Å². The van der Waals surface area contributed by atoms with Crippen molar-refractivity contribution in [3.63, 3.8) is 0 Å². The van der Waals surface area contributed by atoms with E-state index in [4.69, 9.17) is 4.52 Å². The van der Waals surface area contributed by atoms with Crippen molar-refractivity contribution in [2.45, 2.75) is 27.7 Å². The predicted molar refractivity (Wildman–Crippen MR) is 113 cm³/mol. The van der Waals surface area contributed by atoms with Gasteiger partial charge in [-0.2, -0.15) is 5.10 Å². The Labute approximate surface area is 165 Å². The number of rotatable bonds is 5. The van der Waals surface area contributed by atoms with Gasteiger partial charge >= 0.3 is 0 Å². The Kier molecular flexibility index (Phi) is 4.74. The van der Waals surface area contributed by atoms with Crippen LogP contribution in [0.5, 0.6) is 0 Å². The molecule has 4 rings (SSSR count). The Morgan fingerprint density at radius 3 is 2.32 bits per heavy atom. The number of benzene rings is 2. The first-order valence-electron chi connectivity index (χ1n) is 9.49. The Hall–Kier alpha value is -3.34. The van der Waals surface area contributed by atoms with Crippen LogP contribution in [0.2, 0.25) is 0 Å². The Bertz CT molecular complexity index is 1060. The number of hydrogen-bond acceptors (Lipinski definition) is 4. The van der Waals surface area contributed by atoms with Gasteiger partial charge in [0.05, 0.1) is 11.9 Å². The van der Waals surface area contributed by atoms with E-state index in [0.717, 1.165) is 45.9 Å². The molecule has 0 aliphatic rings. The number of aromatic nitrogens is 3. The molecule has 0 bridgehead atoms. The maximum absolute atomic E-state index is 5.37. The fraction of sp³-hybridized carbons (Fsp3) is 0.217. The Balaban J connectivity index is 1.73. The van der Waals surface area contributed by atoms with Crippen molar-refractivity contribution < 1.29 is 4.52 Å². The first-order chi connectivity index (χ1) is 13.6. The second-order valence-electron chi connectivity index (χ2n) is 6.98. The summed E-state index contributed by atoms with van der Waals surface area (Å²) >= 11 is 0. The molecule has 2 aromatic heterocycles. The molecule has 5 nitrogen and oxygen atoms in total. The van der Waals surface area contributed by atoms with Crippen molar-refractivity contribution in [3.8, 4) is 22.3 Å². The van der Waals surface area contributed by atoms with E-state index in [2.05, 4.69) is 76.6 Å². The van der Waals surface area contributed by atoms with E-state index in [1.54, 1.807) is 0 Å². The average molecular weight is 372 g/mol. The molecule has 0 saturated heterocycles. The van der Waals surface area contributed by atoms with E-state index in [9.17, 15) is 0 Å². The largest absolute Gasteiger partial charge is 0.361 e. The highest BCUT2D eigenvalue weighted by molar-refractivity contribution is 5.77. The van der Waals surface area contributed by atoms with Gasteiger partial charge in [0.1, 0.15) is 5.76 Å². The Morgan fingerprint density at radius 2 is 1.71 bits per heavy atom. The highest BCUT2D eigenvalue weighted by Gasteiger charge is 2.16. The highest BCUT2D eigenvalue weighted by atomic mass is 16.5. The maximum atomic E-state index is 5.37. The van der Waals surface area contributed by atoms with Crippen LogP contribution in [-0.2, 0) is 0 Å². The summed E-state index contributed by atoms with van der Waals surface area (Å²) in [7, 11) is 0. The third-order valence-electron chi connectivity index (χ3n) is 5.15. The lowest BCUT2D eigenvalue weighted by molar-refractivity contribution is 0.393. The summed E-state index contributed by atoms with van der Waals surface area (Å²) in [6, 6.07) is 15.1. The van der Waals surface area contributed by atoms with Gasteiger partial charge < -0.3 is 9.42 Å². The highest BCUT2D eigenvalue weighted by Crippen LogP contribution is 2.35. The zero-order chi connectivity index (χ0) is 19.7. The number of nitrogens with one attached hydrogen (secondary N) is 1. The molecule has 4 aromatic rings. The lowest BCUT2D eigenvalue weighted by Crippen LogP contribution is -2.17. The number of hydrogen-bond donors (Lipinski definition) is 1. The van der Waals surface area contributed by atoms with Crippen LogP contribution in [0.25, 0.3) is 22.3 Å². The second-order valence-corrected chi connectivity index (χ2v) is 6.98. The molecule has 142 valence electrons. The van der Waals surface area contributed by atoms with Crippen LogP contribution in [0, 0.1) is 20.8 Å². The minimum absolute atomic E-state index is 0.847. The fourth-order valence-electron chi connectivity index (χ4n) is 3.69. The molecule has 0 radical (unpaired) electrons. The molecular formula is C23H24N4O. The molecule has 0 saturated carbocycles. The summed E-state index contributed by atoms with van der Waals surface area (Å²) in [5, 5.41) is 11.0. The molecule has 0 atom stereocenters. The molecule has 0 aliphatic carbocycles. The van der Waals surface area contributed by atoms with Gasteiger partial charge in [0, 0.05) is 35.2 Å². The smallest absolute Gasteiger partial charge is 0.141 e. The normalized spacial score (nSPS) is 11.0. The van der Waals surface area contributed by atoms with Crippen LogP contribution >= 0.6 is 0 Å². The zero-order valence-electron chi connectivity index (χ0n) is 16.7. The fourth-order valence-corrected chi connectivity index (χ4v) is 3.69. The minimum Gasteiger partial charge on any atom is -0.361 e. The van der Waals surface area contributed by atoms with Gasteiger partial charge in [0.25, 0.3) is 0 Å². The summed E-state index contributed by atoms with van der Waals surface area (Å²) in [5.74, 6) is 0.847. The van der Waals surface area contributed by atoms with Crippen molar-refractivity contribution in [2.24, 2.45) is 0 Å². The first-order valence-corrected chi connectivity index (χ1v) is 9.49. The number of aryl methyl sites for hydroxylation is 3. The van der Waals surface area contributed by atoms with E-state index in [1.165, 1.54) is 11.3 Å². The molecule has 1 N–H and O–H groups in total. The quantitative estimate of drug-likeness (QED) is 0.480. The predicted octanol–water partition coefficient (Wildman–Crippen LogP) is 5.81. The van der Waals surface area contributed by atoms with Gasteiger partial charge in [0.15, 0.2) is 0 Å². The van der Waals surface area contributed by atoms with E-state index in [-0.39, 0.29) is 0 Å². The van der Waals surface area contributed by atoms with E-state index in [1.807, 2.05) is 26.2 Å². The summed E-state index contributed by atoms with van der Waals surface area (Å²) in [4.78, 5) is 2.33. The van der Waals surface area contributed by atoms with Crippen LogP contribution in [0.15, 0.2) is 59.4 Å². The summed E-state index contributed by atoms with van der Waals surface area (Å²) in [5.41, 5.74) is 8.94.